The Morgan fingerprint density at radius 3 is 2.93 bits per heavy atom. The van der Waals surface area contributed by atoms with E-state index in [2.05, 4.69) is 18.3 Å². The van der Waals surface area contributed by atoms with E-state index in [1.165, 1.54) is 5.57 Å². The molecule has 2 atom stereocenters. The third kappa shape index (κ3) is 5.92. The van der Waals surface area contributed by atoms with Gasteiger partial charge in [0.2, 0.25) is 0 Å². The lowest BCUT2D eigenvalue weighted by atomic mass is 10.0. The van der Waals surface area contributed by atoms with Crippen molar-refractivity contribution in [2.75, 3.05) is 26.3 Å². The summed E-state index contributed by atoms with van der Waals surface area (Å²) in [4.78, 5) is 0. The van der Waals surface area contributed by atoms with Gasteiger partial charge in [-0.1, -0.05) is 13.0 Å². The Balaban J connectivity index is 2.07. The Kier molecular flexibility index (Phi) is 5.91. The monoisotopic (exact) mass is 213 g/mol. The second-order valence-electron chi connectivity index (χ2n) is 4.52. The van der Waals surface area contributed by atoms with Crippen LogP contribution in [0.15, 0.2) is 11.6 Å². The normalized spacial score (nSPS) is 20.9. The molecule has 0 saturated carbocycles. The maximum absolute atomic E-state index is 9.21. The van der Waals surface area contributed by atoms with Gasteiger partial charge in [-0.05, 0) is 37.8 Å². The van der Waals surface area contributed by atoms with Gasteiger partial charge in [-0.3, -0.25) is 0 Å². The fourth-order valence-corrected chi connectivity index (χ4v) is 1.88. The zero-order valence-corrected chi connectivity index (χ0v) is 9.83. The van der Waals surface area contributed by atoms with E-state index < -0.39 is 0 Å². The minimum absolute atomic E-state index is 0.195. The third-order valence-corrected chi connectivity index (χ3v) is 2.57. The van der Waals surface area contributed by atoms with Crippen LogP contribution in [0.3, 0.4) is 0 Å². The average molecular weight is 213 g/mol. The molecule has 1 aliphatic rings. The standard InChI is InChI=1S/C12H23NO2/c1-10(6-11(2)14)7-13-8-12-4-3-5-15-9-12/h4,10-11,13-14H,3,5-9H2,1-2H3. The summed E-state index contributed by atoms with van der Waals surface area (Å²) in [6, 6.07) is 0. The molecule has 3 nitrogen and oxygen atoms in total. The van der Waals surface area contributed by atoms with Crippen molar-refractivity contribution < 1.29 is 9.84 Å². The molecule has 1 heterocycles. The van der Waals surface area contributed by atoms with E-state index >= 15 is 0 Å². The predicted molar refractivity (Wildman–Crippen MR) is 61.9 cm³/mol. The fourth-order valence-electron chi connectivity index (χ4n) is 1.88. The minimum atomic E-state index is -0.195. The van der Waals surface area contributed by atoms with Gasteiger partial charge in [0, 0.05) is 6.54 Å². The Bertz CT molecular complexity index is 202. The highest BCUT2D eigenvalue weighted by atomic mass is 16.5. The summed E-state index contributed by atoms with van der Waals surface area (Å²) >= 11 is 0. The first-order chi connectivity index (χ1) is 7.18. The highest BCUT2D eigenvalue weighted by Gasteiger charge is 2.07. The fraction of sp³-hybridized carbons (Fsp3) is 0.833. The summed E-state index contributed by atoms with van der Waals surface area (Å²) in [5, 5.41) is 12.6. The molecule has 0 saturated heterocycles. The van der Waals surface area contributed by atoms with E-state index in [0.29, 0.717) is 5.92 Å². The minimum Gasteiger partial charge on any atom is -0.393 e. The maximum atomic E-state index is 9.21. The van der Waals surface area contributed by atoms with Crippen LogP contribution in [0.25, 0.3) is 0 Å². The molecule has 1 rings (SSSR count). The molecule has 0 aromatic rings. The SMILES string of the molecule is CC(O)CC(C)CNCC1=CCCOC1. The highest BCUT2D eigenvalue weighted by Crippen LogP contribution is 2.06. The maximum Gasteiger partial charge on any atom is 0.0689 e. The Hall–Kier alpha value is -0.380. The molecular formula is C12H23NO2. The lowest BCUT2D eigenvalue weighted by molar-refractivity contribution is 0.147. The van der Waals surface area contributed by atoms with Crippen LogP contribution in [-0.2, 0) is 4.74 Å². The first-order valence-electron chi connectivity index (χ1n) is 5.83. The Labute approximate surface area is 92.5 Å². The molecule has 2 N–H and O–H groups in total. The van der Waals surface area contributed by atoms with Gasteiger partial charge in [0.25, 0.3) is 0 Å². The molecule has 0 aromatic heterocycles. The Morgan fingerprint density at radius 2 is 2.33 bits per heavy atom. The van der Waals surface area contributed by atoms with Gasteiger partial charge in [0.05, 0.1) is 19.3 Å². The molecule has 0 spiro atoms. The quantitative estimate of drug-likeness (QED) is 0.654. The van der Waals surface area contributed by atoms with Gasteiger partial charge in [-0.15, -0.1) is 0 Å². The second kappa shape index (κ2) is 6.99. The van der Waals surface area contributed by atoms with Crippen molar-refractivity contribution in [3.8, 4) is 0 Å². The van der Waals surface area contributed by atoms with E-state index in [1.807, 2.05) is 6.92 Å². The molecule has 0 amide bonds. The number of aliphatic hydroxyl groups is 1. The van der Waals surface area contributed by atoms with E-state index in [-0.39, 0.29) is 6.10 Å². The molecule has 0 radical (unpaired) electrons. The number of nitrogens with one attached hydrogen (secondary N) is 1. The summed E-state index contributed by atoms with van der Waals surface area (Å²) in [6.07, 6.45) is 3.97. The van der Waals surface area contributed by atoms with Crippen LogP contribution in [-0.4, -0.2) is 37.5 Å². The van der Waals surface area contributed by atoms with Crippen molar-refractivity contribution in [3.63, 3.8) is 0 Å². The van der Waals surface area contributed by atoms with Crippen molar-refractivity contribution in [1.82, 2.24) is 5.32 Å². The van der Waals surface area contributed by atoms with Crippen molar-refractivity contribution in [3.05, 3.63) is 11.6 Å². The van der Waals surface area contributed by atoms with Crippen LogP contribution < -0.4 is 5.32 Å². The first kappa shape index (κ1) is 12.7. The van der Waals surface area contributed by atoms with E-state index in [4.69, 9.17) is 4.74 Å². The summed E-state index contributed by atoms with van der Waals surface area (Å²) in [7, 11) is 0. The van der Waals surface area contributed by atoms with Gasteiger partial charge < -0.3 is 15.2 Å². The van der Waals surface area contributed by atoms with Crippen LogP contribution in [0.2, 0.25) is 0 Å². The first-order valence-corrected chi connectivity index (χ1v) is 5.83. The lowest BCUT2D eigenvalue weighted by Crippen LogP contribution is -2.27. The third-order valence-electron chi connectivity index (χ3n) is 2.57. The van der Waals surface area contributed by atoms with Crippen molar-refractivity contribution in [2.45, 2.75) is 32.8 Å². The van der Waals surface area contributed by atoms with Gasteiger partial charge in [0.15, 0.2) is 0 Å². The predicted octanol–water partition coefficient (Wildman–Crippen LogP) is 1.33. The molecule has 0 aromatic carbocycles. The molecule has 0 bridgehead atoms. The second-order valence-corrected chi connectivity index (χ2v) is 4.52. The number of hydrogen-bond donors (Lipinski definition) is 2. The van der Waals surface area contributed by atoms with Crippen LogP contribution in [0.1, 0.15) is 26.7 Å². The van der Waals surface area contributed by atoms with Gasteiger partial charge in [-0.25, -0.2) is 0 Å². The summed E-state index contributed by atoms with van der Waals surface area (Å²) in [5.74, 6) is 0.523. The van der Waals surface area contributed by atoms with Gasteiger partial charge in [-0.2, -0.15) is 0 Å². The number of hydrogen-bond acceptors (Lipinski definition) is 3. The van der Waals surface area contributed by atoms with Gasteiger partial charge in [0.1, 0.15) is 0 Å². The summed E-state index contributed by atoms with van der Waals surface area (Å²) in [6.45, 7) is 7.52. The van der Waals surface area contributed by atoms with E-state index in [9.17, 15) is 5.11 Å². The van der Waals surface area contributed by atoms with Gasteiger partial charge >= 0.3 is 0 Å². The molecule has 1 aliphatic heterocycles. The molecule has 15 heavy (non-hydrogen) atoms. The number of ether oxygens (including phenoxy) is 1. The number of rotatable bonds is 6. The van der Waals surface area contributed by atoms with Crippen LogP contribution in [0.4, 0.5) is 0 Å². The van der Waals surface area contributed by atoms with Crippen LogP contribution in [0, 0.1) is 5.92 Å². The summed E-state index contributed by atoms with van der Waals surface area (Å²) in [5.41, 5.74) is 1.35. The van der Waals surface area contributed by atoms with Crippen molar-refractivity contribution >= 4 is 0 Å². The van der Waals surface area contributed by atoms with Crippen LogP contribution >= 0.6 is 0 Å². The zero-order valence-electron chi connectivity index (χ0n) is 9.83. The topological polar surface area (TPSA) is 41.5 Å². The van der Waals surface area contributed by atoms with E-state index in [1.54, 1.807) is 0 Å². The van der Waals surface area contributed by atoms with Crippen molar-refractivity contribution in [2.24, 2.45) is 5.92 Å². The molecule has 2 unspecified atom stereocenters. The zero-order chi connectivity index (χ0) is 11.1. The lowest BCUT2D eigenvalue weighted by Gasteiger charge is -2.17. The average Bonchev–Trinajstić information content (AvgIpc) is 2.18. The molecule has 88 valence electrons. The smallest absolute Gasteiger partial charge is 0.0689 e. The van der Waals surface area contributed by atoms with Crippen LogP contribution in [0.5, 0.6) is 0 Å². The van der Waals surface area contributed by atoms with E-state index in [0.717, 1.165) is 39.1 Å². The molecule has 3 heteroatoms. The Morgan fingerprint density at radius 1 is 1.53 bits per heavy atom. The molecular weight excluding hydrogens is 190 g/mol. The molecule has 0 aliphatic carbocycles. The molecule has 0 fully saturated rings. The largest absolute Gasteiger partial charge is 0.393 e. The summed E-state index contributed by atoms with van der Waals surface area (Å²) < 4.78 is 5.36. The van der Waals surface area contributed by atoms with Crippen molar-refractivity contribution in [1.29, 1.82) is 0 Å². The highest BCUT2D eigenvalue weighted by molar-refractivity contribution is 5.06. The number of aliphatic hydroxyl groups excluding tert-OH is 1.